The SMILES string of the molecule is CCOc1ccc(-n2nc3cc(C)c(NC(=S)NC(=O)COc4ccc5ccccc5c4)cc3n2)cc1. The number of hydrogen-bond donors (Lipinski definition) is 2. The van der Waals surface area contributed by atoms with E-state index in [2.05, 4.69) is 20.8 Å². The average molecular weight is 512 g/mol. The van der Waals surface area contributed by atoms with E-state index in [-0.39, 0.29) is 17.6 Å². The van der Waals surface area contributed by atoms with Crippen LogP contribution in [-0.4, -0.2) is 39.2 Å². The molecule has 186 valence electrons. The normalized spacial score (nSPS) is 10.9. The molecule has 1 aromatic heterocycles. The number of rotatable bonds is 7. The van der Waals surface area contributed by atoms with Crippen LogP contribution in [0.3, 0.4) is 0 Å². The van der Waals surface area contributed by atoms with E-state index in [1.54, 1.807) is 4.80 Å². The first-order valence-corrected chi connectivity index (χ1v) is 12.2. The molecule has 0 aliphatic carbocycles. The number of aryl methyl sites for hydroxylation is 1. The van der Waals surface area contributed by atoms with E-state index < -0.39 is 0 Å². The maximum atomic E-state index is 12.4. The van der Waals surface area contributed by atoms with E-state index in [0.29, 0.717) is 17.9 Å². The fourth-order valence-electron chi connectivity index (χ4n) is 3.88. The number of nitrogens with one attached hydrogen (secondary N) is 2. The summed E-state index contributed by atoms with van der Waals surface area (Å²) in [4.78, 5) is 14.0. The van der Waals surface area contributed by atoms with Gasteiger partial charge >= 0.3 is 0 Å². The van der Waals surface area contributed by atoms with Gasteiger partial charge < -0.3 is 14.8 Å². The number of thiocarbonyl (C=S) groups is 1. The van der Waals surface area contributed by atoms with Crippen LogP contribution in [0.4, 0.5) is 5.69 Å². The summed E-state index contributed by atoms with van der Waals surface area (Å²) >= 11 is 5.35. The van der Waals surface area contributed by atoms with Crippen LogP contribution in [0.5, 0.6) is 11.5 Å². The minimum absolute atomic E-state index is 0.158. The van der Waals surface area contributed by atoms with E-state index in [4.69, 9.17) is 21.7 Å². The Morgan fingerprint density at radius 1 is 0.892 bits per heavy atom. The Labute approximate surface area is 219 Å². The smallest absolute Gasteiger partial charge is 0.264 e. The van der Waals surface area contributed by atoms with E-state index in [1.165, 1.54) is 0 Å². The van der Waals surface area contributed by atoms with Gasteiger partial charge in [0, 0.05) is 5.69 Å². The summed E-state index contributed by atoms with van der Waals surface area (Å²) in [6.45, 7) is 4.33. The number of benzene rings is 4. The minimum atomic E-state index is -0.356. The van der Waals surface area contributed by atoms with Crippen molar-refractivity contribution in [2.24, 2.45) is 0 Å². The molecule has 0 aliphatic heterocycles. The first-order chi connectivity index (χ1) is 18.0. The summed E-state index contributed by atoms with van der Waals surface area (Å²) in [5, 5.41) is 17.2. The molecule has 2 N–H and O–H groups in total. The van der Waals surface area contributed by atoms with Crippen LogP contribution < -0.4 is 20.1 Å². The van der Waals surface area contributed by atoms with E-state index in [0.717, 1.165) is 39.0 Å². The predicted octanol–water partition coefficient (Wildman–Crippen LogP) is 5.17. The molecule has 1 amide bonds. The number of anilines is 1. The Morgan fingerprint density at radius 3 is 2.35 bits per heavy atom. The number of aromatic nitrogens is 3. The number of carbonyl (C=O) groups excluding carboxylic acids is 1. The van der Waals surface area contributed by atoms with Gasteiger partial charge in [-0.1, -0.05) is 30.3 Å². The van der Waals surface area contributed by atoms with E-state index in [9.17, 15) is 4.79 Å². The molecule has 0 spiro atoms. The second kappa shape index (κ2) is 10.6. The van der Waals surface area contributed by atoms with Gasteiger partial charge in [0.2, 0.25) is 0 Å². The molecule has 5 aromatic rings. The molecule has 1 heterocycles. The topological polar surface area (TPSA) is 90.3 Å². The van der Waals surface area contributed by atoms with Crippen LogP contribution >= 0.6 is 12.2 Å². The molecule has 0 radical (unpaired) electrons. The molecule has 0 aliphatic rings. The number of nitrogens with zero attached hydrogens (tertiary/aromatic N) is 3. The molecule has 4 aromatic carbocycles. The molecular weight excluding hydrogens is 486 g/mol. The third kappa shape index (κ3) is 5.68. The summed E-state index contributed by atoms with van der Waals surface area (Å²) in [7, 11) is 0. The lowest BCUT2D eigenvalue weighted by Crippen LogP contribution is -2.37. The van der Waals surface area contributed by atoms with Gasteiger partial charge in [0.25, 0.3) is 5.91 Å². The predicted molar refractivity (Wildman–Crippen MR) is 149 cm³/mol. The molecule has 37 heavy (non-hydrogen) atoms. The van der Waals surface area contributed by atoms with Crippen molar-refractivity contribution in [3.63, 3.8) is 0 Å². The van der Waals surface area contributed by atoms with Crippen LogP contribution in [0, 0.1) is 6.92 Å². The Bertz CT molecular complexity index is 1600. The molecule has 5 rings (SSSR count). The Hall–Kier alpha value is -4.50. The van der Waals surface area contributed by atoms with Crippen molar-refractivity contribution in [3.8, 4) is 17.2 Å². The summed E-state index contributed by atoms with van der Waals surface area (Å²) in [5.74, 6) is 1.05. The zero-order valence-electron chi connectivity index (χ0n) is 20.4. The van der Waals surface area contributed by atoms with Gasteiger partial charge in [0.05, 0.1) is 12.3 Å². The lowest BCUT2D eigenvalue weighted by Gasteiger charge is -2.12. The maximum absolute atomic E-state index is 12.4. The molecule has 0 saturated heterocycles. The number of hydrogen-bond acceptors (Lipinski definition) is 6. The summed E-state index contributed by atoms with van der Waals surface area (Å²) in [5.41, 5.74) is 3.90. The zero-order valence-corrected chi connectivity index (χ0v) is 21.2. The maximum Gasteiger partial charge on any atom is 0.264 e. The third-order valence-electron chi connectivity index (χ3n) is 5.70. The Kier molecular flexibility index (Phi) is 6.96. The van der Waals surface area contributed by atoms with Gasteiger partial charge in [-0.3, -0.25) is 10.1 Å². The van der Waals surface area contributed by atoms with Crippen molar-refractivity contribution >= 4 is 50.7 Å². The van der Waals surface area contributed by atoms with Crippen LogP contribution in [0.15, 0.2) is 78.9 Å². The van der Waals surface area contributed by atoms with Crippen LogP contribution in [0.25, 0.3) is 27.5 Å². The van der Waals surface area contributed by atoms with E-state index >= 15 is 0 Å². The van der Waals surface area contributed by atoms with Crippen LogP contribution in [0.1, 0.15) is 12.5 Å². The molecule has 0 unspecified atom stereocenters. The van der Waals surface area contributed by atoms with Crippen molar-refractivity contribution in [2.75, 3.05) is 18.5 Å². The average Bonchev–Trinajstić information content (AvgIpc) is 3.30. The Morgan fingerprint density at radius 2 is 1.59 bits per heavy atom. The summed E-state index contributed by atoms with van der Waals surface area (Å²) in [6, 6.07) is 25.0. The van der Waals surface area contributed by atoms with Gasteiger partial charge in [0.15, 0.2) is 11.7 Å². The monoisotopic (exact) mass is 511 g/mol. The lowest BCUT2D eigenvalue weighted by molar-refractivity contribution is -0.121. The molecule has 0 fully saturated rings. The van der Waals surface area contributed by atoms with Gasteiger partial charge in [0.1, 0.15) is 22.5 Å². The minimum Gasteiger partial charge on any atom is -0.494 e. The van der Waals surface area contributed by atoms with Gasteiger partial charge in [-0.25, -0.2) is 0 Å². The number of fused-ring (bicyclic) bond motifs is 2. The molecule has 0 bridgehead atoms. The standard InChI is InChI=1S/C28H25N5O3S/c1-3-35-22-12-9-21(10-13-22)33-31-25-14-18(2)24(16-26(25)32-33)29-28(37)30-27(34)17-36-23-11-8-19-6-4-5-7-20(19)15-23/h4-16H,3,17H2,1-2H3,(H2,29,30,34,37). The van der Waals surface area contributed by atoms with Crippen LogP contribution in [-0.2, 0) is 4.79 Å². The van der Waals surface area contributed by atoms with Gasteiger partial charge in [-0.15, -0.1) is 10.2 Å². The number of carbonyl (C=O) groups is 1. The second-order valence-corrected chi connectivity index (χ2v) is 8.78. The molecule has 0 atom stereocenters. The van der Waals surface area contributed by atoms with Crippen molar-refractivity contribution in [3.05, 3.63) is 84.4 Å². The highest BCUT2D eigenvalue weighted by atomic mass is 32.1. The molecular formula is C28H25N5O3S. The number of amides is 1. The second-order valence-electron chi connectivity index (χ2n) is 8.37. The van der Waals surface area contributed by atoms with Crippen molar-refractivity contribution < 1.29 is 14.3 Å². The molecule has 9 heteroatoms. The fraction of sp³-hybridized carbons (Fsp3) is 0.143. The highest BCUT2D eigenvalue weighted by molar-refractivity contribution is 7.80. The molecule has 0 saturated carbocycles. The fourth-order valence-corrected chi connectivity index (χ4v) is 4.11. The highest BCUT2D eigenvalue weighted by Gasteiger charge is 2.12. The van der Waals surface area contributed by atoms with E-state index in [1.807, 2.05) is 92.7 Å². The van der Waals surface area contributed by atoms with Crippen LogP contribution in [0.2, 0.25) is 0 Å². The molecule has 8 nitrogen and oxygen atoms in total. The van der Waals surface area contributed by atoms with Gasteiger partial charge in [-0.05, 0) is 90.9 Å². The summed E-state index contributed by atoms with van der Waals surface area (Å²) < 4.78 is 11.1. The van der Waals surface area contributed by atoms with Crippen molar-refractivity contribution in [1.29, 1.82) is 0 Å². The lowest BCUT2D eigenvalue weighted by atomic mass is 10.1. The largest absolute Gasteiger partial charge is 0.494 e. The van der Waals surface area contributed by atoms with Crippen molar-refractivity contribution in [1.82, 2.24) is 20.3 Å². The zero-order chi connectivity index (χ0) is 25.8. The Balaban J connectivity index is 1.21. The quantitative estimate of drug-likeness (QED) is 0.291. The number of ether oxygens (including phenoxy) is 2. The third-order valence-corrected chi connectivity index (χ3v) is 5.90. The summed E-state index contributed by atoms with van der Waals surface area (Å²) in [6.07, 6.45) is 0. The van der Waals surface area contributed by atoms with Crippen molar-refractivity contribution in [2.45, 2.75) is 13.8 Å². The first-order valence-electron chi connectivity index (χ1n) is 11.8. The first kappa shape index (κ1) is 24.2. The van der Waals surface area contributed by atoms with Gasteiger partial charge in [-0.2, -0.15) is 4.80 Å². The highest BCUT2D eigenvalue weighted by Crippen LogP contribution is 2.23.